The summed E-state index contributed by atoms with van der Waals surface area (Å²) in [5.41, 5.74) is 2.53. The van der Waals surface area contributed by atoms with Crippen LogP contribution in [0.1, 0.15) is 24.2 Å². The number of benzene rings is 2. The molecule has 1 heterocycles. The van der Waals surface area contributed by atoms with Gasteiger partial charge in [0.1, 0.15) is 12.4 Å². The average molecular weight is 408 g/mol. The standard InChI is InChI=1S/C18H18BrNO3S/c1-13-3-9-17(10-4-13)24(21,22)20-11-18(23-12-14(20)2)15-5-7-16(19)8-6-15/h3-10,12,18H,11H2,1-2H3. The molecule has 126 valence electrons. The van der Waals surface area contributed by atoms with Crippen LogP contribution in [0.5, 0.6) is 0 Å². The molecule has 3 rings (SSSR count). The molecular weight excluding hydrogens is 390 g/mol. The average Bonchev–Trinajstić information content (AvgIpc) is 2.56. The number of hydrogen-bond acceptors (Lipinski definition) is 3. The van der Waals surface area contributed by atoms with E-state index >= 15 is 0 Å². The molecule has 0 fully saturated rings. The molecule has 0 spiro atoms. The molecular formula is C18H18BrNO3S. The number of sulfonamides is 1. The van der Waals surface area contributed by atoms with E-state index in [1.165, 1.54) is 10.6 Å². The Morgan fingerprint density at radius 2 is 1.67 bits per heavy atom. The van der Waals surface area contributed by atoms with Crippen molar-refractivity contribution in [3.8, 4) is 0 Å². The van der Waals surface area contributed by atoms with Gasteiger partial charge < -0.3 is 4.74 Å². The van der Waals surface area contributed by atoms with Gasteiger partial charge in [0.2, 0.25) is 0 Å². The number of halogens is 1. The summed E-state index contributed by atoms with van der Waals surface area (Å²) in [6, 6.07) is 14.6. The smallest absolute Gasteiger partial charge is 0.264 e. The lowest BCUT2D eigenvalue weighted by molar-refractivity contribution is 0.101. The normalized spacial score (nSPS) is 18.0. The molecule has 1 atom stereocenters. The largest absolute Gasteiger partial charge is 0.490 e. The highest BCUT2D eigenvalue weighted by Crippen LogP contribution is 2.31. The highest BCUT2D eigenvalue weighted by atomic mass is 79.9. The lowest BCUT2D eigenvalue weighted by Crippen LogP contribution is -2.36. The summed E-state index contributed by atoms with van der Waals surface area (Å²) in [5, 5.41) is 0. The second-order valence-corrected chi connectivity index (χ2v) is 8.56. The Morgan fingerprint density at radius 1 is 1.04 bits per heavy atom. The molecule has 0 saturated carbocycles. The van der Waals surface area contributed by atoms with E-state index in [1.807, 2.05) is 31.2 Å². The maximum absolute atomic E-state index is 13.0. The Bertz CT molecular complexity index is 858. The SMILES string of the molecule is CC1=COC(c2ccc(Br)cc2)CN1S(=O)(=O)c1ccc(C)cc1. The zero-order valence-corrected chi connectivity index (χ0v) is 15.8. The van der Waals surface area contributed by atoms with Gasteiger partial charge in [0.15, 0.2) is 0 Å². The molecule has 4 nitrogen and oxygen atoms in total. The van der Waals surface area contributed by atoms with Crippen LogP contribution in [0.3, 0.4) is 0 Å². The summed E-state index contributed by atoms with van der Waals surface area (Å²) in [5.74, 6) is 0. The Kier molecular flexibility index (Phi) is 4.69. The van der Waals surface area contributed by atoms with Crippen LogP contribution in [-0.2, 0) is 14.8 Å². The maximum atomic E-state index is 13.0. The zero-order chi connectivity index (χ0) is 17.3. The van der Waals surface area contributed by atoms with Gasteiger partial charge in [-0.1, -0.05) is 45.8 Å². The highest BCUT2D eigenvalue weighted by Gasteiger charge is 2.31. The van der Waals surface area contributed by atoms with Crippen LogP contribution in [0.4, 0.5) is 0 Å². The van der Waals surface area contributed by atoms with Crippen LogP contribution in [0.2, 0.25) is 0 Å². The van der Waals surface area contributed by atoms with Gasteiger partial charge in [0.25, 0.3) is 10.0 Å². The molecule has 1 aliphatic heterocycles. The van der Waals surface area contributed by atoms with Crippen molar-refractivity contribution in [3.05, 3.63) is 76.1 Å². The van der Waals surface area contributed by atoms with Crippen molar-refractivity contribution in [2.45, 2.75) is 24.8 Å². The van der Waals surface area contributed by atoms with Gasteiger partial charge in [0, 0.05) is 4.47 Å². The minimum atomic E-state index is -3.60. The van der Waals surface area contributed by atoms with Gasteiger partial charge in [0.05, 0.1) is 17.1 Å². The molecule has 0 aliphatic carbocycles. The number of hydrogen-bond donors (Lipinski definition) is 0. The maximum Gasteiger partial charge on any atom is 0.264 e. The molecule has 0 bridgehead atoms. The van der Waals surface area contributed by atoms with Gasteiger partial charge in [-0.15, -0.1) is 0 Å². The summed E-state index contributed by atoms with van der Waals surface area (Å²) in [4.78, 5) is 0.289. The minimum Gasteiger partial charge on any atom is -0.490 e. The summed E-state index contributed by atoms with van der Waals surface area (Å²) in [6.07, 6.45) is 1.18. The number of aryl methyl sites for hydroxylation is 1. The van der Waals surface area contributed by atoms with E-state index in [1.54, 1.807) is 31.2 Å². The minimum absolute atomic E-state index is 0.250. The third-order valence-electron chi connectivity index (χ3n) is 3.98. The fraction of sp³-hybridized carbons (Fsp3) is 0.222. The molecule has 0 aromatic heterocycles. The van der Waals surface area contributed by atoms with Gasteiger partial charge in [-0.25, -0.2) is 8.42 Å². The zero-order valence-electron chi connectivity index (χ0n) is 13.4. The first kappa shape index (κ1) is 17.0. The quantitative estimate of drug-likeness (QED) is 0.757. The Balaban J connectivity index is 1.92. The Morgan fingerprint density at radius 3 is 2.29 bits per heavy atom. The lowest BCUT2D eigenvalue weighted by Gasteiger charge is -2.33. The fourth-order valence-electron chi connectivity index (χ4n) is 2.56. The third-order valence-corrected chi connectivity index (χ3v) is 6.39. The van der Waals surface area contributed by atoms with E-state index in [0.717, 1.165) is 15.6 Å². The highest BCUT2D eigenvalue weighted by molar-refractivity contribution is 9.10. The van der Waals surface area contributed by atoms with Crippen molar-refractivity contribution in [2.75, 3.05) is 6.54 Å². The molecule has 0 radical (unpaired) electrons. The summed E-state index contributed by atoms with van der Waals surface area (Å²) < 4.78 is 34.0. The number of allylic oxidation sites excluding steroid dienone is 1. The lowest BCUT2D eigenvalue weighted by atomic mass is 10.1. The molecule has 0 saturated heterocycles. The van der Waals surface area contributed by atoms with Crippen LogP contribution in [0.15, 0.2) is 69.9 Å². The van der Waals surface area contributed by atoms with Crippen molar-refractivity contribution in [1.82, 2.24) is 4.31 Å². The third kappa shape index (κ3) is 3.35. The van der Waals surface area contributed by atoms with E-state index in [0.29, 0.717) is 5.70 Å². The van der Waals surface area contributed by atoms with Gasteiger partial charge in [-0.05, 0) is 43.7 Å². The first-order valence-electron chi connectivity index (χ1n) is 7.55. The summed E-state index contributed by atoms with van der Waals surface area (Å²) >= 11 is 3.40. The predicted octanol–water partition coefficient (Wildman–Crippen LogP) is 4.38. The molecule has 24 heavy (non-hydrogen) atoms. The predicted molar refractivity (Wildman–Crippen MR) is 96.8 cm³/mol. The van der Waals surface area contributed by atoms with Gasteiger partial charge in [-0.2, -0.15) is 0 Å². The van der Waals surface area contributed by atoms with Gasteiger partial charge >= 0.3 is 0 Å². The van der Waals surface area contributed by atoms with E-state index in [4.69, 9.17) is 4.74 Å². The van der Waals surface area contributed by atoms with Crippen molar-refractivity contribution in [3.63, 3.8) is 0 Å². The molecule has 2 aromatic carbocycles. The first-order valence-corrected chi connectivity index (χ1v) is 9.78. The molecule has 6 heteroatoms. The number of nitrogens with zero attached hydrogens (tertiary/aromatic N) is 1. The van der Waals surface area contributed by atoms with E-state index < -0.39 is 10.0 Å². The molecule has 2 aromatic rings. The van der Waals surface area contributed by atoms with Crippen LogP contribution in [-0.4, -0.2) is 19.3 Å². The molecule has 1 unspecified atom stereocenters. The van der Waals surface area contributed by atoms with Crippen LogP contribution in [0, 0.1) is 6.92 Å². The Labute approximate surface area is 150 Å². The van der Waals surface area contributed by atoms with E-state index in [2.05, 4.69) is 15.9 Å². The molecule has 0 N–H and O–H groups in total. The van der Waals surface area contributed by atoms with Crippen molar-refractivity contribution in [1.29, 1.82) is 0 Å². The second kappa shape index (κ2) is 6.61. The van der Waals surface area contributed by atoms with Crippen molar-refractivity contribution in [2.24, 2.45) is 0 Å². The van der Waals surface area contributed by atoms with Gasteiger partial charge in [-0.3, -0.25) is 4.31 Å². The molecule has 1 aliphatic rings. The van der Waals surface area contributed by atoms with E-state index in [-0.39, 0.29) is 17.5 Å². The number of ether oxygens (including phenoxy) is 1. The first-order chi connectivity index (χ1) is 11.4. The Hall–Kier alpha value is -1.79. The van der Waals surface area contributed by atoms with Crippen LogP contribution in [0.25, 0.3) is 0 Å². The van der Waals surface area contributed by atoms with Crippen molar-refractivity contribution < 1.29 is 13.2 Å². The number of rotatable bonds is 3. The topological polar surface area (TPSA) is 46.6 Å². The summed E-state index contributed by atoms with van der Waals surface area (Å²) in [6.45, 7) is 3.92. The summed E-state index contributed by atoms with van der Waals surface area (Å²) in [7, 11) is -3.60. The molecule has 0 amide bonds. The van der Waals surface area contributed by atoms with Crippen LogP contribution < -0.4 is 0 Å². The van der Waals surface area contributed by atoms with Crippen molar-refractivity contribution >= 4 is 26.0 Å². The fourth-order valence-corrected chi connectivity index (χ4v) is 4.32. The van der Waals surface area contributed by atoms with E-state index in [9.17, 15) is 8.42 Å². The monoisotopic (exact) mass is 407 g/mol. The second-order valence-electron chi connectivity index (χ2n) is 5.78. The van der Waals surface area contributed by atoms with Crippen LogP contribution >= 0.6 is 15.9 Å².